The summed E-state index contributed by atoms with van der Waals surface area (Å²) in [6, 6.07) is 1.95. The first-order valence-electron chi connectivity index (χ1n) is 5.20. The van der Waals surface area contributed by atoms with E-state index in [-0.39, 0.29) is 11.9 Å². The van der Waals surface area contributed by atoms with Crippen molar-refractivity contribution in [3.05, 3.63) is 34.3 Å². The number of nitrogen functional groups attached to an aromatic ring is 1. The number of anilines is 1. The molecule has 2 aromatic heterocycles. The molecule has 5 nitrogen and oxygen atoms in total. The molecule has 2 rings (SSSR count). The van der Waals surface area contributed by atoms with E-state index in [1.54, 1.807) is 18.4 Å². The summed E-state index contributed by atoms with van der Waals surface area (Å²) in [6.07, 6.45) is 1.48. The van der Waals surface area contributed by atoms with Gasteiger partial charge < -0.3 is 11.1 Å². The third-order valence-electron chi connectivity index (χ3n) is 2.57. The van der Waals surface area contributed by atoms with Crippen LogP contribution in [0.3, 0.4) is 0 Å². The van der Waals surface area contributed by atoms with E-state index in [9.17, 15) is 4.79 Å². The molecular weight excluding hydrogens is 236 g/mol. The van der Waals surface area contributed by atoms with Crippen LogP contribution >= 0.6 is 11.3 Å². The Labute approximate surface area is 103 Å². The largest absolute Gasteiger partial charge is 0.396 e. The minimum atomic E-state index is -0.207. The summed E-state index contributed by atoms with van der Waals surface area (Å²) in [5.74, 6) is -0.207. The highest BCUT2D eigenvalue weighted by Crippen LogP contribution is 2.17. The van der Waals surface area contributed by atoms with Gasteiger partial charge in [-0.25, -0.2) is 0 Å². The minimum Gasteiger partial charge on any atom is -0.396 e. The van der Waals surface area contributed by atoms with Gasteiger partial charge in [-0.15, -0.1) is 0 Å². The molecule has 2 aromatic rings. The van der Waals surface area contributed by atoms with Crippen LogP contribution < -0.4 is 11.1 Å². The molecule has 0 aliphatic rings. The Morgan fingerprint density at radius 3 is 2.94 bits per heavy atom. The molecule has 0 radical (unpaired) electrons. The van der Waals surface area contributed by atoms with Gasteiger partial charge in [0.25, 0.3) is 5.91 Å². The van der Waals surface area contributed by atoms with Gasteiger partial charge in [0, 0.05) is 7.05 Å². The maximum absolute atomic E-state index is 12.0. The number of rotatable bonds is 3. The Morgan fingerprint density at radius 2 is 2.41 bits per heavy atom. The number of aryl methyl sites for hydroxylation is 1. The number of nitrogens with two attached hydrogens (primary N) is 1. The fourth-order valence-corrected chi connectivity index (χ4v) is 2.36. The second-order valence-corrected chi connectivity index (χ2v) is 4.60. The Balaban J connectivity index is 2.12. The highest BCUT2D eigenvalue weighted by molar-refractivity contribution is 7.07. The second-order valence-electron chi connectivity index (χ2n) is 3.82. The van der Waals surface area contributed by atoms with Crippen molar-refractivity contribution in [2.45, 2.75) is 13.0 Å². The Kier molecular flexibility index (Phi) is 3.14. The van der Waals surface area contributed by atoms with Crippen LogP contribution in [0.4, 0.5) is 5.69 Å². The molecule has 2 heterocycles. The molecule has 0 fully saturated rings. The van der Waals surface area contributed by atoms with Gasteiger partial charge in [-0.2, -0.15) is 16.4 Å². The summed E-state index contributed by atoms with van der Waals surface area (Å²) in [5.41, 5.74) is 7.57. The lowest BCUT2D eigenvalue weighted by Crippen LogP contribution is -2.28. The van der Waals surface area contributed by atoms with Crippen LogP contribution in [0.25, 0.3) is 0 Å². The highest BCUT2D eigenvalue weighted by Gasteiger charge is 2.17. The lowest BCUT2D eigenvalue weighted by molar-refractivity contribution is 0.0931. The van der Waals surface area contributed by atoms with Crippen molar-refractivity contribution in [3.63, 3.8) is 0 Å². The van der Waals surface area contributed by atoms with Crippen LogP contribution in [0.2, 0.25) is 0 Å². The molecule has 1 unspecified atom stereocenters. The average molecular weight is 250 g/mol. The Hall–Kier alpha value is -1.82. The van der Waals surface area contributed by atoms with Crippen LogP contribution in [-0.2, 0) is 7.05 Å². The molecule has 0 aliphatic heterocycles. The van der Waals surface area contributed by atoms with E-state index in [1.807, 2.05) is 23.8 Å². The van der Waals surface area contributed by atoms with Gasteiger partial charge in [0.05, 0.1) is 17.9 Å². The van der Waals surface area contributed by atoms with Crippen LogP contribution in [0, 0.1) is 0 Å². The maximum atomic E-state index is 12.0. The standard InChI is InChI=1S/C11H14N4OS/c1-7(8-3-4-17-6-8)14-11(16)10-9(12)5-13-15(10)2/h3-7H,12H2,1-2H3,(H,14,16). The van der Waals surface area contributed by atoms with Crippen LogP contribution in [-0.4, -0.2) is 15.7 Å². The summed E-state index contributed by atoms with van der Waals surface area (Å²) in [4.78, 5) is 12.0. The van der Waals surface area contributed by atoms with Crippen LogP contribution in [0.5, 0.6) is 0 Å². The molecule has 1 amide bonds. The average Bonchev–Trinajstić information content (AvgIpc) is 2.88. The van der Waals surface area contributed by atoms with Gasteiger partial charge in [0.1, 0.15) is 5.69 Å². The van der Waals surface area contributed by atoms with Crippen molar-refractivity contribution in [3.8, 4) is 0 Å². The van der Waals surface area contributed by atoms with E-state index in [1.165, 1.54) is 10.9 Å². The van der Waals surface area contributed by atoms with E-state index < -0.39 is 0 Å². The summed E-state index contributed by atoms with van der Waals surface area (Å²) >= 11 is 1.61. The fourth-order valence-electron chi connectivity index (χ4n) is 1.60. The number of hydrogen-bond donors (Lipinski definition) is 2. The molecular formula is C11H14N4OS. The zero-order chi connectivity index (χ0) is 12.4. The van der Waals surface area contributed by atoms with Gasteiger partial charge in [0.15, 0.2) is 0 Å². The molecule has 90 valence electrons. The topological polar surface area (TPSA) is 72.9 Å². The zero-order valence-corrected chi connectivity index (χ0v) is 10.5. The van der Waals surface area contributed by atoms with Gasteiger partial charge >= 0.3 is 0 Å². The fraction of sp³-hybridized carbons (Fsp3) is 0.273. The maximum Gasteiger partial charge on any atom is 0.272 e. The SMILES string of the molecule is CC(NC(=O)c1c(N)cnn1C)c1ccsc1. The van der Waals surface area contributed by atoms with Crippen LogP contribution in [0.15, 0.2) is 23.0 Å². The number of nitrogens with one attached hydrogen (secondary N) is 1. The quantitative estimate of drug-likeness (QED) is 0.868. The number of carbonyl (C=O) groups is 1. The Bertz CT molecular complexity index is 498. The first-order valence-corrected chi connectivity index (χ1v) is 6.14. The normalized spacial score (nSPS) is 12.4. The monoisotopic (exact) mass is 250 g/mol. The molecule has 0 spiro atoms. The van der Waals surface area contributed by atoms with E-state index in [4.69, 9.17) is 5.73 Å². The van der Waals surface area contributed by atoms with Crippen molar-refractivity contribution in [1.82, 2.24) is 15.1 Å². The molecule has 1 atom stereocenters. The summed E-state index contributed by atoms with van der Waals surface area (Å²) < 4.78 is 1.48. The Morgan fingerprint density at radius 1 is 1.65 bits per heavy atom. The smallest absolute Gasteiger partial charge is 0.272 e. The molecule has 17 heavy (non-hydrogen) atoms. The lowest BCUT2D eigenvalue weighted by atomic mass is 10.2. The van der Waals surface area contributed by atoms with Gasteiger partial charge in [0.2, 0.25) is 0 Å². The molecule has 0 aliphatic carbocycles. The van der Waals surface area contributed by atoms with Crippen molar-refractivity contribution in [1.29, 1.82) is 0 Å². The predicted octanol–water partition coefficient (Wildman–Crippen LogP) is 1.55. The van der Waals surface area contributed by atoms with Gasteiger partial charge in [-0.05, 0) is 29.3 Å². The first-order chi connectivity index (χ1) is 8.09. The number of thiophene rings is 1. The van der Waals surface area contributed by atoms with Crippen LogP contribution in [0.1, 0.15) is 29.0 Å². The van der Waals surface area contributed by atoms with E-state index >= 15 is 0 Å². The second kappa shape index (κ2) is 4.58. The van der Waals surface area contributed by atoms with E-state index in [0.29, 0.717) is 11.4 Å². The highest BCUT2D eigenvalue weighted by atomic mass is 32.1. The van der Waals surface area contributed by atoms with Crippen molar-refractivity contribution in [2.24, 2.45) is 7.05 Å². The summed E-state index contributed by atoms with van der Waals surface area (Å²) in [6.45, 7) is 1.94. The third kappa shape index (κ3) is 2.31. The number of aromatic nitrogens is 2. The van der Waals surface area contributed by atoms with Gasteiger partial charge in [-0.1, -0.05) is 0 Å². The predicted molar refractivity (Wildman–Crippen MR) is 67.8 cm³/mol. The molecule has 0 aromatic carbocycles. The number of carbonyl (C=O) groups excluding carboxylic acids is 1. The third-order valence-corrected chi connectivity index (χ3v) is 3.27. The lowest BCUT2D eigenvalue weighted by Gasteiger charge is -2.12. The molecule has 3 N–H and O–H groups in total. The van der Waals surface area contributed by atoms with Crippen molar-refractivity contribution in [2.75, 3.05) is 5.73 Å². The van der Waals surface area contributed by atoms with Crippen molar-refractivity contribution >= 4 is 22.9 Å². The van der Waals surface area contributed by atoms with E-state index in [0.717, 1.165) is 5.56 Å². The molecule has 0 bridgehead atoms. The minimum absolute atomic E-state index is 0.0388. The van der Waals surface area contributed by atoms with Gasteiger partial charge in [-0.3, -0.25) is 9.48 Å². The molecule has 0 saturated heterocycles. The first kappa shape index (κ1) is 11.7. The summed E-state index contributed by atoms with van der Waals surface area (Å²) in [5, 5.41) is 10.8. The number of hydrogen-bond acceptors (Lipinski definition) is 4. The molecule has 0 saturated carbocycles. The number of nitrogens with zero attached hydrogens (tertiary/aromatic N) is 2. The van der Waals surface area contributed by atoms with Crippen molar-refractivity contribution < 1.29 is 4.79 Å². The number of amides is 1. The zero-order valence-electron chi connectivity index (χ0n) is 9.68. The summed E-state index contributed by atoms with van der Waals surface area (Å²) in [7, 11) is 1.69. The molecule has 6 heteroatoms. The van der Waals surface area contributed by atoms with E-state index in [2.05, 4.69) is 10.4 Å².